The van der Waals surface area contributed by atoms with Crippen LogP contribution in [0.5, 0.6) is 0 Å². The summed E-state index contributed by atoms with van der Waals surface area (Å²) in [6.45, 7) is 4.11. The van der Waals surface area contributed by atoms with Gasteiger partial charge in [-0.2, -0.15) is 0 Å². The summed E-state index contributed by atoms with van der Waals surface area (Å²) < 4.78 is 11.7. The van der Waals surface area contributed by atoms with E-state index in [2.05, 4.69) is 25.4 Å². The molecule has 1 unspecified atom stereocenters. The predicted molar refractivity (Wildman–Crippen MR) is 140 cm³/mol. The first-order valence-corrected chi connectivity index (χ1v) is 12.3. The van der Waals surface area contributed by atoms with E-state index in [0.717, 1.165) is 46.9 Å². The van der Waals surface area contributed by atoms with Gasteiger partial charge in [-0.3, -0.25) is 9.79 Å². The number of hydrogen-bond donors (Lipinski definition) is 1. The highest BCUT2D eigenvalue weighted by Gasteiger charge is 2.28. The molecule has 1 N–H and O–H groups in total. The number of carbonyl (C=O) groups excluding carboxylic acids is 1. The van der Waals surface area contributed by atoms with Gasteiger partial charge in [0.1, 0.15) is 5.82 Å². The number of benzene rings is 2. The molecule has 0 amide bonds. The summed E-state index contributed by atoms with van der Waals surface area (Å²) in [7, 11) is 0. The number of carbonyl (C=O) groups is 1. The molecule has 2 aromatic carbocycles. The van der Waals surface area contributed by atoms with Crippen LogP contribution in [0.4, 0.5) is 11.8 Å². The first-order valence-electron chi connectivity index (χ1n) is 12.3. The second-order valence-corrected chi connectivity index (χ2v) is 9.11. The predicted octanol–water partition coefficient (Wildman–Crippen LogP) is 3.76. The molecule has 0 radical (unpaired) electrons. The van der Waals surface area contributed by atoms with Gasteiger partial charge in [0.15, 0.2) is 11.9 Å². The Labute approximate surface area is 214 Å². The number of ketones is 1. The van der Waals surface area contributed by atoms with Crippen molar-refractivity contribution in [2.24, 2.45) is 4.99 Å². The number of rotatable bonds is 5. The molecule has 186 valence electrons. The van der Waals surface area contributed by atoms with Gasteiger partial charge in [0.2, 0.25) is 0 Å². The number of morpholine rings is 1. The lowest BCUT2D eigenvalue weighted by Crippen LogP contribution is -2.41. The van der Waals surface area contributed by atoms with E-state index in [9.17, 15) is 4.79 Å². The zero-order valence-corrected chi connectivity index (χ0v) is 20.4. The van der Waals surface area contributed by atoms with Crippen molar-refractivity contribution < 1.29 is 13.9 Å². The van der Waals surface area contributed by atoms with Gasteiger partial charge in [-0.15, -0.1) is 5.10 Å². The van der Waals surface area contributed by atoms with Gasteiger partial charge in [-0.05, 0) is 24.6 Å². The third-order valence-electron chi connectivity index (χ3n) is 6.49. The fourth-order valence-electron chi connectivity index (χ4n) is 4.73. The summed E-state index contributed by atoms with van der Waals surface area (Å²) in [4.78, 5) is 24.8. The molecule has 0 saturated carbocycles. The third-order valence-corrected chi connectivity index (χ3v) is 6.49. The standard InChI is InChI=1S/C28H26N6O3/c1-18-17-34(14-15-36-18)26-22(12-7-13-29-26)27-32-33-28(37-27)31-25-23(35)16-20-10-5-6-11-21(20)24(30-25)19-8-3-2-4-9-19/h2-13,18,25H,14-17H2,1H3,(H,31,33)/t18-,25?/m1/s1. The zero-order chi connectivity index (χ0) is 25.2. The van der Waals surface area contributed by atoms with Crippen molar-refractivity contribution >= 4 is 23.3 Å². The van der Waals surface area contributed by atoms with Gasteiger partial charge in [-0.1, -0.05) is 59.7 Å². The monoisotopic (exact) mass is 494 g/mol. The van der Waals surface area contributed by atoms with Crippen molar-refractivity contribution in [1.82, 2.24) is 15.2 Å². The van der Waals surface area contributed by atoms with Crippen LogP contribution in [0.1, 0.15) is 23.6 Å². The number of anilines is 2. The fourth-order valence-corrected chi connectivity index (χ4v) is 4.73. The molecule has 2 aliphatic heterocycles. The summed E-state index contributed by atoms with van der Waals surface area (Å²) in [6, 6.07) is 21.6. The number of fused-ring (bicyclic) bond motifs is 1. The molecule has 6 rings (SSSR count). The highest BCUT2D eigenvalue weighted by atomic mass is 16.5. The minimum absolute atomic E-state index is 0.0810. The Morgan fingerprint density at radius 3 is 2.65 bits per heavy atom. The number of hydrogen-bond acceptors (Lipinski definition) is 9. The molecule has 1 saturated heterocycles. The van der Waals surface area contributed by atoms with E-state index in [1.54, 1.807) is 6.20 Å². The van der Waals surface area contributed by atoms with Crippen LogP contribution in [0.2, 0.25) is 0 Å². The molecule has 1 fully saturated rings. The average Bonchev–Trinajstić information content (AvgIpc) is 3.35. The topological polar surface area (TPSA) is 106 Å². The quantitative estimate of drug-likeness (QED) is 0.447. The smallest absolute Gasteiger partial charge is 0.317 e. The molecule has 2 aromatic heterocycles. The van der Waals surface area contributed by atoms with Crippen LogP contribution in [-0.2, 0) is 16.0 Å². The Morgan fingerprint density at radius 2 is 1.78 bits per heavy atom. The Bertz CT molecular complexity index is 1450. The lowest BCUT2D eigenvalue weighted by molar-refractivity contribution is -0.119. The molecule has 37 heavy (non-hydrogen) atoms. The summed E-state index contributed by atoms with van der Waals surface area (Å²) in [5.74, 6) is 1.00. The Hall–Kier alpha value is -4.37. The maximum atomic E-state index is 13.2. The molecule has 4 heterocycles. The molecule has 2 aliphatic rings. The Morgan fingerprint density at radius 1 is 0.973 bits per heavy atom. The van der Waals surface area contributed by atoms with Crippen LogP contribution in [0.15, 0.2) is 82.3 Å². The number of pyridine rings is 1. The van der Waals surface area contributed by atoms with E-state index in [0.29, 0.717) is 12.5 Å². The maximum absolute atomic E-state index is 13.2. The molecule has 2 atom stereocenters. The summed E-state index contributed by atoms with van der Waals surface area (Å²) in [6.07, 6.45) is 1.22. The van der Waals surface area contributed by atoms with Crippen LogP contribution in [0, 0.1) is 0 Å². The summed E-state index contributed by atoms with van der Waals surface area (Å²) >= 11 is 0. The van der Waals surface area contributed by atoms with Crippen molar-refractivity contribution in [1.29, 1.82) is 0 Å². The van der Waals surface area contributed by atoms with Gasteiger partial charge >= 0.3 is 6.01 Å². The van der Waals surface area contributed by atoms with E-state index in [4.69, 9.17) is 14.1 Å². The number of nitrogens with zero attached hydrogens (tertiary/aromatic N) is 5. The molecule has 9 nitrogen and oxygen atoms in total. The van der Waals surface area contributed by atoms with E-state index in [1.165, 1.54) is 0 Å². The van der Waals surface area contributed by atoms with E-state index >= 15 is 0 Å². The lowest BCUT2D eigenvalue weighted by atomic mass is 9.96. The van der Waals surface area contributed by atoms with E-state index in [-0.39, 0.29) is 24.3 Å². The first-order chi connectivity index (χ1) is 18.2. The van der Waals surface area contributed by atoms with Crippen molar-refractivity contribution in [3.63, 3.8) is 0 Å². The lowest BCUT2D eigenvalue weighted by Gasteiger charge is -2.32. The Kier molecular flexibility index (Phi) is 6.20. The van der Waals surface area contributed by atoms with Crippen LogP contribution >= 0.6 is 0 Å². The minimum atomic E-state index is -0.871. The average molecular weight is 495 g/mol. The van der Waals surface area contributed by atoms with Crippen LogP contribution in [0.25, 0.3) is 11.5 Å². The molecule has 0 aliphatic carbocycles. The van der Waals surface area contributed by atoms with Gasteiger partial charge in [0.05, 0.1) is 24.0 Å². The van der Waals surface area contributed by atoms with Crippen molar-refractivity contribution in [2.45, 2.75) is 25.6 Å². The number of ether oxygens (including phenoxy) is 1. The minimum Gasteiger partial charge on any atom is -0.403 e. The second kappa shape index (κ2) is 9.94. The summed E-state index contributed by atoms with van der Waals surface area (Å²) in [5.41, 5.74) is 4.28. The fraction of sp³-hybridized carbons (Fsp3) is 0.250. The van der Waals surface area contributed by atoms with Crippen molar-refractivity contribution in [2.75, 3.05) is 29.9 Å². The SMILES string of the molecule is C[C@@H]1CN(c2ncccc2-c2nnc(NC3N=C(c4ccccc4)c4ccccc4CC3=O)o2)CCO1. The largest absolute Gasteiger partial charge is 0.403 e. The highest BCUT2D eigenvalue weighted by molar-refractivity contribution is 6.16. The highest BCUT2D eigenvalue weighted by Crippen LogP contribution is 2.30. The number of nitrogens with one attached hydrogen (secondary N) is 1. The normalized spacial score (nSPS) is 19.6. The maximum Gasteiger partial charge on any atom is 0.317 e. The van der Waals surface area contributed by atoms with Gasteiger partial charge in [0.25, 0.3) is 5.89 Å². The molecular formula is C28H26N6O3. The second-order valence-electron chi connectivity index (χ2n) is 9.11. The van der Waals surface area contributed by atoms with Crippen molar-refractivity contribution in [3.05, 3.63) is 89.6 Å². The van der Waals surface area contributed by atoms with Gasteiger partial charge in [0, 0.05) is 36.8 Å². The van der Waals surface area contributed by atoms with Gasteiger partial charge < -0.3 is 19.4 Å². The number of aromatic nitrogens is 3. The third kappa shape index (κ3) is 4.73. The van der Waals surface area contributed by atoms with Crippen LogP contribution in [-0.4, -0.2) is 58.6 Å². The number of Topliss-reactive ketones (excluding diaryl/α,β-unsaturated/α-hetero) is 1. The van der Waals surface area contributed by atoms with Crippen LogP contribution < -0.4 is 10.2 Å². The van der Waals surface area contributed by atoms with E-state index < -0.39 is 6.17 Å². The molecule has 0 bridgehead atoms. The molecule has 4 aromatic rings. The van der Waals surface area contributed by atoms with Crippen molar-refractivity contribution in [3.8, 4) is 11.5 Å². The summed E-state index contributed by atoms with van der Waals surface area (Å²) in [5, 5.41) is 11.5. The number of aliphatic imine (C=N–C) groups is 1. The molecular weight excluding hydrogens is 468 g/mol. The first kappa shape index (κ1) is 23.1. The zero-order valence-electron chi connectivity index (χ0n) is 20.4. The van der Waals surface area contributed by atoms with Gasteiger partial charge in [-0.25, -0.2) is 4.98 Å². The molecule has 0 spiro atoms. The van der Waals surface area contributed by atoms with Crippen LogP contribution in [0.3, 0.4) is 0 Å². The molecule has 9 heteroatoms. The Balaban J connectivity index is 1.31. The van der Waals surface area contributed by atoms with E-state index in [1.807, 2.05) is 73.7 Å².